The Morgan fingerprint density at radius 2 is 1.76 bits per heavy atom. The third-order valence-corrected chi connectivity index (χ3v) is 7.67. The van der Waals surface area contributed by atoms with E-state index >= 15 is 0 Å². The summed E-state index contributed by atoms with van der Waals surface area (Å²) in [6.07, 6.45) is 0.696. The Balaban J connectivity index is 1.36. The summed E-state index contributed by atoms with van der Waals surface area (Å²) in [6, 6.07) is 19.0. The van der Waals surface area contributed by atoms with E-state index in [2.05, 4.69) is 29.6 Å². The number of hydrogen-bond donors (Lipinski definition) is 1. The SMILES string of the molecule is COc1cc(-c2sc(Cl)cc2NC(=O)OC(C)c2cc(F)ccc2F)ccc1-c1ccc(C2CC2)cc1. The molecule has 0 aliphatic heterocycles. The lowest BCUT2D eigenvalue weighted by Crippen LogP contribution is -2.16. The van der Waals surface area contributed by atoms with Crippen LogP contribution in [0.1, 0.15) is 42.9 Å². The Labute approximate surface area is 222 Å². The van der Waals surface area contributed by atoms with Gasteiger partial charge in [0.1, 0.15) is 23.5 Å². The van der Waals surface area contributed by atoms with Gasteiger partial charge in [0.15, 0.2) is 0 Å². The summed E-state index contributed by atoms with van der Waals surface area (Å²) in [4.78, 5) is 13.3. The first-order valence-electron chi connectivity index (χ1n) is 11.8. The molecule has 0 radical (unpaired) electrons. The van der Waals surface area contributed by atoms with Crippen LogP contribution in [0.15, 0.2) is 66.7 Å². The maximum atomic E-state index is 14.1. The van der Waals surface area contributed by atoms with E-state index < -0.39 is 23.8 Å². The number of ether oxygens (including phenoxy) is 2. The first kappa shape index (κ1) is 25.2. The van der Waals surface area contributed by atoms with Crippen molar-refractivity contribution in [1.29, 1.82) is 0 Å². The molecule has 1 amide bonds. The zero-order chi connectivity index (χ0) is 26.1. The number of amides is 1. The second kappa shape index (κ2) is 10.5. The number of hydrogen-bond acceptors (Lipinski definition) is 4. The van der Waals surface area contributed by atoms with Crippen molar-refractivity contribution < 1.29 is 23.0 Å². The molecule has 0 spiro atoms. The van der Waals surface area contributed by atoms with Crippen molar-refractivity contribution in [3.8, 4) is 27.3 Å². The minimum Gasteiger partial charge on any atom is -0.496 e. The van der Waals surface area contributed by atoms with Crippen molar-refractivity contribution in [3.05, 3.63) is 93.8 Å². The number of thiophene rings is 1. The molecule has 8 heteroatoms. The zero-order valence-corrected chi connectivity index (χ0v) is 21.8. The molecular weight excluding hydrogens is 516 g/mol. The van der Waals surface area contributed by atoms with E-state index in [1.165, 1.54) is 36.7 Å². The quantitative estimate of drug-likeness (QED) is 0.254. The highest BCUT2D eigenvalue weighted by Gasteiger charge is 2.23. The molecule has 1 unspecified atom stereocenters. The van der Waals surface area contributed by atoms with Crippen molar-refractivity contribution in [2.24, 2.45) is 0 Å². The van der Waals surface area contributed by atoms with Crippen LogP contribution < -0.4 is 10.1 Å². The predicted molar refractivity (Wildman–Crippen MR) is 144 cm³/mol. The highest BCUT2D eigenvalue weighted by molar-refractivity contribution is 7.20. The van der Waals surface area contributed by atoms with Crippen LogP contribution in [0.5, 0.6) is 5.75 Å². The van der Waals surface area contributed by atoms with Gasteiger partial charge in [0.2, 0.25) is 0 Å². The van der Waals surface area contributed by atoms with Gasteiger partial charge in [-0.2, -0.15) is 0 Å². The van der Waals surface area contributed by atoms with E-state index in [1.54, 1.807) is 13.2 Å². The molecule has 1 N–H and O–H groups in total. The molecule has 1 aliphatic rings. The Bertz CT molecular complexity index is 1450. The van der Waals surface area contributed by atoms with Crippen LogP contribution in [0.2, 0.25) is 4.34 Å². The van der Waals surface area contributed by atoms with Gasteiger partial charge in [-0.25, -0.2) is 13.6 Å². The monoisotopic (exact) mass is 539 g/mol. The summed E-state index contributed by atoms with van der Waals surface area (Å²) in [5.74, 6) is 0.103. The average molecular weight is 540 g/mol. The van der Waals surface area contributed by atoms with Crippen LogP contribution >= 0.6 is 22.9 Å². The summed E-state index contributed by atoms with van der Waals surface area (Å²) in [5.41, 5.74) is 4.56. The summed E-state index contributed by atoms with van der Waals surface area (Å²) in [7, 11) is 1.62. The molecule has 3 aromatic carbocycles. The van der Waals surface area contributed by atoms with Crippen LogP contribution in [0, 0.1) is 11.6 Å². The second-order valence-corrected chi connectivity index (χ2v) is 10.6. The van der Waals surface area contributed by atoms with Crippen molar-refractivity contribution in [3.63, 3.8) is 0 Å². The van der Waals surface area contributed by atoms with Crippen LogP contribution in [-0.2, 0) is 4.74 Å². The Morgan fingerprint density at radius 3 is 2.46 bits per heavy atom. The van der Waals surface area contributed by atoms with Crippen LogP contribution in [0.4, 0.5) is 19.3 Å². The van der Waals surface area contributed by atoms with E-state index in [4.69, 9.17) is 21.1 Å². The third-order valence-electron chi connectivity index (χ3n) is 6.35. The van der Waals surface area contributed by atoms with E-state index in [0.717, 1.165) is 34.9 Å². The van der Waals surface area contributed by atoms with Gasteiger partial charge >= 0.3 is 6.09 Å². The normalized spacial score (nSPS) is 13.8. The molecule has 1 atom stereocenters. The number of anilines is 1. The first-order valence-corrected chi connectivity index (χ1v) is 13.0. The third kappa shape index (κ3) is 5.63. The molecule has 190 valence electrons. The van der Waals surface area contributed by atoms with Gasteiger partial charge in [0.25, 0.3) is 0 Å². The van der Waals surface area contributed by atoms with E-state index in [-0.39, 0.29) is 5.56 Å². The Kier molecular flexibility index (Phi) is 7.17. The molecule has 1 heterocycles. The van der Waals surface area contributed by atoms with Gasteiger partial charge in [-0.3, -0.25) is 5.32 Å². The van der Waals surface area contributed by atoms with E-state index in [0.29, 0.717) is 26.6 Å². The van der Waals surface area contributed by atoms with Crippen molar-refractivity contribution >= 4 is 34.7 Å². The smallest absolute Gasteiger partial charge is 0.412 e. The number of carbonyl (C=O) groups is 1. The highest BCUT2D eigenvalue weighted by atomic mass is 35.5. The lowest BCUT2D eigenvalue weighted by Gasteiger charge is -2.16. The van der Waals surface area contributed by atoms with Crippen molar-refractivity contribution in [2.75, 3.05) is 12.4 Å². The zero-order valence-electron chi connectivity index (χ0n) is 20.2. The molecule has 1 saturated carbocycles. The number of methoxy groups -OCH3 is 1. The average Bonchev–Trinajstić information content (AvgIpc) is 3.67. The van der Waals surface area contributed by atoms with Gasteiger partial charge in [-0.15, -0.1) is 11.3 Å². The number of halogens is 3. The van der Waals surface area contributed by atoms with Crippen molar-refractivity contribution in [1.82, 2.24) is 0 Å². The summed E-state index contributed by atoms with van der Waals surface area (Å²) in [5, 5.41) is 2.68. The predicted octanol–water partition coefficient (Wildman–Crippen LogP) is 9.21. The molecule has 4 aromatic rings. The summed E-state index contributed by atoms with van der Waals surface area (Å²) < 4.78 is 39.1. The Hall–Kier alpha value is -3.42. The molecule has 0 bridgehead atoms. The highest BCUT2D eigenvalue weighted by Crippen LogP contribution is 2.44. The van der Waals surface area contributed by atoms with Crippen molar-refractivity contribution in [2.45, 2.75) is 31.8 Å². The van der Waals surface area contributed by atoms with Crippen LogP contribution in [0.25, 0.3) is 21.6 Å². The van der Waals surface area contributed by atoms with Gasteiger partial charge in [-0.05, 0) is 72.7 Å². The van der Waals surface area contributed by atoms with Gasteiger partial charge in [0, 0.05) is 11.1 Å². The standard InChI is InChI=1S/C29H24ClF2NO3S/c1-16(23-14-21(31)10-12-24(23)32)36-29(34)33-25-15-27(30)37-28(25)20-9-11-22(26(13-20)35-2)19-7-5-18(6-8-19)17-3-4-17/h5-17H,3-4H2,1-2H3,(H,33,34). The lowest BCUT2D eigenvalue weighted by molar-refractivity contribution is 0.119. The number of carbonyl (C=O) groups excluding carboxylic acids is 1. The molecule has 1 aromatic heterocycles. The topological polar surface area (TPSA) is 47.6 Å². The largest absolute Gasteiger partial charge is 0.496 e. The maximum Gasteiger partial charge on any atom is 0.412 e. The summed E-state index contributed by atoms with van der Waals surface area (Å²) in [6.45, 7) is 1.47. The fraction of sp³-hybridized carbons (Fsp3) is 0.207. The van der Waals surface area contributed by atoms with E-state index in [1.807, 2.05) is 18.2 Å². The maximum absolute atomic E-state index is 14.1. The number of rotatable bonds is 7. The first-order chi connectivity index (χ1) is 17.8. The fourth-order valence-corrected chi connectivity index (χ4v) is 5.46. The lowest BCUT2D eigenvalue weighted by atomic mass is 9.99. The van der Waals surface area contributed by atoms with Gasteiger partial charge in [-0.1, -0.05) is 48.0 Å². The molecule has 37 heavy (non-hydrogen) atoms. The number of benzene rings is 3. The number of nitrogens with one attached hydrogen (secondary N) is 1. The van der Waals surface area contributed by atoms with Crippen LogP contribution in [-0.4, -0.2) is 13.2 Å². The minimum absolute atomic E-state index is 0.0517. The van der Waals surface area contributed by atoms with Gasteiger partial charge in [0.05, 0.1) is 22.0 Å². The molecule has 4 nitrogen and oxygen atoms in total. The van der Waals surface area contributed by atoms with E-state index in [9.17, 15) is 13.6 Å². The van der Waals surface area contributed by atoms with Crippen LogP contribution in [0.3, 0.4) is 0 Å². The van der Waals surface area contributed by atoms with Gasteiger partial charge < -0.3 is 9.47 Å². The molecule has 1 aliphatic carbocycles. The molecule has 5 rings (SSSR count). The molecule has 0 saturated heterocycles. The summed E-state index contributed by atoms with van der Waals surface area (Å²) >= 11 is 7.58. The fourth-order valence-electron chi connectivity index (χ4n) is 4.28. The Morgan fingerprint density at radius 1 is 1.03 bits per heavy atom. The minimum atomic E-state index is -1.00. The molecular formula is C29H24ClF2NO3S. The molecule has 1 fully saturated rings. The second-order valence-electron chi connectivity index (χ2n) is 8.94.